The number of likely N-dealkylation sites (tertiary alicyclic amines) is 1. The Balaban J connectivity index is 1.57. The molecule has 1 N–H and O–H groups in total. The molecule has 1 saturated heterocycles. The van der Waals surface area contributed by atoms with E-state index >= 15 is 0 Å². The minimum absolute atomic E-state index is 0.00148. The van der Waals surface area contributed by atoms with E-state index in [9.17, 15) is 9.59 Å². The number of aryl methyl sites for hydroxylation is 3. The molecule has 1 aliphatic heterocycles. The second-order valence-electron chi connectivity index (χ2n) is 11.6. The number of imidazole rings is 1. The minimum Gasteiger partial charge on any atom is -0.348 e. The number of pyridine rings is 1. The van der Waals surface area contributed by atoms with Gasteiger partial charge >= 0.3 is 5.69 Å². The van der Waals surface area contributed by atoms with Crippen LogP contribution in [0.25, 0.3) is 11.0 Å². The van der Waals surface area contributed by atoms with E-state index in [1.807, 2.05) is 32.3 Å². The smallest absolute Gasteiger partial charge is 0.328 e. The fraction of sp³-hybridized carbons (Fsp3) is 0.552. The first kappa shape index (κ1) is 26.1. The van der Waals surface area contributed by atoms with E-state index in [1.165, 1.54) is 24.0 Å². The summed E-state index contributed by atoms with van der Waals surface area (Å²) < 4.78 is 3.45. The van der Waals surface area contributed by atoms with Gasteiger partial charge in [-0.05, 0) is 73.5 Å². The van der Waals surface area contributed by atoms with Crippen molar-refractivity contribution in [2.24, 2.45) is 19.5 Å². The summed E-state index contributed by atoms with van der Waals surface area (Å²) in [4.78, 5) is 32.5. The van der Waals surface area contributed by atoms with E-state index < -0.39 is 0 Å². The molecule has 2 atom stereocenters. The van der Waals surface area contributed by atoms with Gasteiger partial charge in [-0.15, -0.1) is 0 Å². The molecular weight excluding hydrogens is 450 g/mol. The molecular formula is C29H41N5O2. The summed E-state index contributed by atoms with van der Waals surface area (Å²) in [6.07, 6.45) is 6.59. The summed E-state index contributed by atoms with van der Waals surface area (Å²) in [5.74, 6) is 0.0757. The maximum Gasteiger partial charge on any atom is 0.328 e. The van der Waals surface area contributed by atoms with Crippen LogP contribution in [0.5, 0.6) is 0 Å². The maximum absolute atomic E-state index is 12.9. The Morgan fingerprint density at radius 1 is 1.14 bits per heavy atom. The number of amides is 1. The average molecular weight is 492 g/mol. The zero-order chi connectivity index (χ0) is 26.0. The predicted octanol–water partition coefficient (Wildman–Crippen LogP) is 4.62. The van der Waals surface area contributed by atoms with Crippen LogP contribution >= 0.6 is 0 Å². The quantitative estimate of drug-likeness (QED) is 0.524. The van der Waals surface area contributed by atoms with Crippen LogP contribution in [0.15, 0.2) is 41.3 Å². The molecule has 1 aliphatic rings. The largest absolute Gasteiger partial charge is 0.348 e. The Kier molecular flexibility index (Phi) is 7.69. The third-order valence-electron chi connectivity index (χ3n) is 7.43. The molecule has 3 aromatic rings. The highest BCUT2D eigenvalue weighted by Crippen LogP contribution is 2.30. The number of carbonyl (C=O) groups is 1. The zero-order valence-corrected chi connectivity index (χ0v) is 22.7. The summed E-state index contributed by atoms with van der Waals surface area (Å²) in [6.45, 7) is 10.3. The first-order valence-corrected chi connectivity index (χ1v) is 13.1. The van der Waals surface area contributed by atoms with E-state index in [-0.39, 0.29) is 23.1 Å². The second kappa shape index (κ2) is 10.6. The van der Waals surface area contributed by atoms with Crippen molar-refractivity contribution >= 4 is 16.9 Å². The van der Waals surface area contributed by atoms with Gasteiger partial charge in [-0.2, -0.15) is 0 Å². The average Bonchev–Trinajstić information content (AvgIpc) is 3.03. The summed E-state index contributed by atoms with van der Waals surface area (Å²) in [5.41, 5.74) is 5.25. The van der Waals surface area contributed by atoms with Gasteiger partial charge in [-0.25, -0.2) is 4.79 Å². The number of hydrogen-bond acceptors (Lipinski definition) is 4. The number of nitrogens with zero attached hydrogens (tertiary/aromatic N) is 4. The van der Waals surface area contributed by atoms with E-state index in [0.29, 0.717) is 12.5 Å². The highest BCUT2D eigenvalue weighted by molar-refractivity contribution is 5.78. The van der Waals surface area contributed by atoms with E-state index in [2.05, 4.69) is 55.0 Å². The van der Waals surface area contributed by atoms with Crippen LogP contribution in [-0.4, -0.2) is 37.5 Å². The molecule has 36 heavy (non-hydrogen) atoms. The van der Waals surface area contributed by atoms with Gasteiger partial charge < -0.3 is 5.32 Å². The molecule has 194 valence electrons. The molecule has 7 heteroatoms. The number of benzene rings is 1. The van der Waals surface area contributed by atoms with Gasteiger partial charge in [-0.3, -0.25) is 23.8 Å². The van der Waals surface area contributed by atoms with Crippen molar-refractivity contribution in [2.45, 2.75) is 78.4 Å². The summed E-state index contributed by atoms with van der Waals surface area (Å²) in [5, 5.41) is 3.30. The fourth-order valence-corrected chi connectivity index (χ4v) is 5.45. The van der Waals surface area contributed by atoms with Crippen LogP contribution in [0.3, 0.4) is 0 Å². The highest BCUT2D eigenvalue weighted by Gasteiger charge is 2.29. The van der Waals surface area contributed by atoms with Gasteiger partial charge in [-0.1, -0.05) is 33.3 Å². The third kappa shape index (κ3) is 5.89. The van der Waals surface area contributed by atoms with Crippen molar-refractivity contribution < 1.29 is 4.79 Å². The number of rotatable bonds is 7. The number of hydrogen-bond donors (Lipinski definition) is 1. The zero-order valence-electron chi connectivity index (χ0n) is 22.7. The van der Waals surface area contributed by atoms with Crippen molar-refractivity contribution in [1.29, 1.82) is 0 Å². The second-order valence-corrected chi connectivity index (χ2v) is 11.6. The molecule has 0 unspecified atom stereocenters. The first-order chi connectivity index (χ1) is 17.0. The number of piperidine rings is 1. The first-order valence-electron chi connectivity index (χ1n) is 13.1. The number of fused-ring (bicyclic) bond motifs is 1. The van der Waals surface area contributed by atoms with Crippen LogP contribution in [0.2, 0.25) is 0 Å². The Hall–Kier alpha value is -2.93. The normalized spacial score (nSPS) is 17.9. The topological polar surface area (TPSA) is 72.2 Å². The number of carbonyl (C=O) groups excluding carboxylic acids is 1. The van der Waals surface area contributed by atoms with Crippen LogP contribution in [0, 0.1) is 12.3 Å². The summed E-state index contributed by atoms with van der Waals surface area (Å²) >= 11 is 0. The van der Waals surface area contributed by atoms with Crippen LogP contribution < -0.4 is 11.0 Å². The molecule has 3 heterocycles. The van der Waals surface area contributed by atoms with Crippen molar-refractivity contribution in [2.75, 3.05) is 6.54 Å². The van der Waals surface area contributed by atoms with E-state index in [4.69, 9.17) is 0 Å². The Morgan fingerprint density at radius 2 is 1.86 bits per heavy atom. The molecule has 7 nitrogen and oxygen atoms in total. The standard InChI is InChI=1S/C29H41N5O2/c1-20-15-25-26(33(6)28(36)32(25)5)16-21(20)19-34-14-10-8-11-22(34)17-24(23-12-7-9-13-30-23)31-27(35)18-29(2,3)4/h7,9,12-13,15-16,22,24H,8,10-11,14,17-19H2,1-6H3,(H,31,35)/t22-,24+/m1/s1. The maximum atomic E-state index is 12.9. The van der Waals surface area contributed by atoms with Crippen LogP contribution in [0.4, 0.5) is 0 Å². The Bertz CT molecular complexity index is 1270. The highest BCUT2D eigenvalue weighted by atomic mass is 16.2. The molecule has 4 rings (SSSR count). The molecule has 0 bridgehead atoms. The van der Waals surface area contributed by atoms with E-state index in [0.717, 1.165) is 42.7 Å². The molecule has 1 fully saturated rings. The lowest BCUT2D eigenvalue weighted by Crippen LogP contribution is -2.42. The fourth-order valence-electron chi connectivity index (χ4n) is 5.45. The van der Waals surface area contributed by atoms with Gasteiger partial charge in [0.15, 0.2) is 0 Å². The van der Waals surface area contributed by atoms with Crippen molar-refractivity contribution in [3.05, 3.63) is 63.8 Å². The number of nitrogens with one attached hydrogen (secondary N) is 1. The molecule has 0 radical (unpaired) electrons. The van der Waals surface area contributed by atoms with Crippen LogP contribution in [-0.2, 0) is 25.4 Å². The Labute approximate surface area is 214 Å². The van der Waals surface area contributed by atoms with Gasteiger partial charge in [0, 0.05) is 39.3 Å². The van der Waals surface area contributed by atoms with Gasteiger partial charge in [0.1, 0.15) is 0 Å². The molecule has 0 aliphatic carbocycles. The van der Waals surface area contributed by atoms with Crippen molar-refractivity contribution in [3.63, 3.8) is 0 Å². The SMILES string of the molecule is Cc1cc2c(cc1CN1CCCC[C@@H]1C[C@H](NC(=O)CC(C)(C)C)c1ccccn1)n(C)c(=O)n2C. The monoisotopic (exact) mass is 491 g/mol. The molecule has 2 aromatic heterocycles. The molecule has 1 aromatic carbocycles. The molecule has 1 amide bonds. The molecule has 0 saturated carbocycles. The van der Waals surface area contributed by atoms with Crippen molar-refractivity contribution in [1.82, 2.24) is 24.3 Å². The number of aromatic nitrogens is 3. The molecule has 0 spiro atoms. The van der Waals surface area contributed by atoms with E-state index in [1.54, 1.807) is 15.3 Å². The van der Waals surface area contributed by atoms with Crippen molar-refractivity contribution in [3.8, 4) is 0 Å². The lowest BCUT2D eigenvalue weighted by molar-refractivity contribution is -0.123. The predicted molar refractivity (Wildman–Crippen MR) is 145 cm³/mol. The lowest BCUT2D eigenvalue weighted by atomic mass is 9.90. The van der Waals surface area contributed by atoms with Gasteiger partial charge in [0.2, 0.25) is 5.91 Å². The Morgan fingerprint density at radius 3 is 2.53 bits per heavy atom. The summed E-state index contributed by atoms with van der Waals surface area (Å²) in [6, 6.07) is 10.5. The van der Waals surface area contributed by atoms with Gasteiger partial charge in [0.25, 0.3) is 0 Å². The lowest BCUT2D eigenvalue weighted by Gasteiger charge is -2.38. The minimum atomic E-state index is -0.120. The third-order valence-corrected chi connectivity index (χ3v) is 7.43. The van der Waals surface area contributed by atoms with Gasteiger partial charge in [0.05, 0.1) is 22.8 Å². The van der Waals surface area contributed by atoms with Crippen LogP contribution in [0.1, 0.15) is 75.7 Å². The summed E-state index contributed by atoms with van der Waals surface area (Å²) in [7, 11) is 3.67.